The van der Waals surface area contributed by atoms with E-state index < -0.39 is 0 Å². The Hall–Kier alpha value is -0.890. The summed E-state index contributed by atoms with van der Waals surface area (Å²) in [5.41, 5.74) is 2.63. The van der Waals surface area contributed by atoms with Gasteiger partial charge in [0, 0.05) is 17.3 Å². The fourth-order valence-electron chi connectivity index (χ4n) is 9.21. The molecule has 4 rings (SSSR count). The average Bonchev–Trinajstić information content (AvgIpc) is 2.96. The number of hydrogen-bond donors (Lipinski definition) is 1. The van der Waals surface area contributed by atoms with Gasteiger partial charge in [0.15, 0.2) is 0 Å². The second-order valence-corrected chi connectivity index (χ2v) is 13.5. The molecule has 32 heavy (non-hydrogen) atoms. The molecule has 8 unspecified atom stereocenters. The van der Waals surface area contributed by atoms with Gasteiger partial charge in [0.25, 0.3) is 0 Å². The standard InChI is InChI=1S/C30H48O2/c1-19(2)10-9-11-20(3)21-16-17-28(6)24-14-12-22-23(13-15-25(31)27(22,4)5)30(24,8)26(32)18-29(21,28)7/h10,12,20-21,23-25,31H,9,11,13-18H2,1-8H3. The number of carbonyl (C=O) groups is 1. The molecule has 0 radical (unpaired) electrons. The Kier molecular flexibility index (Phi) is 5.93. The van der Waals surface area contributed by atoms with E-state index in [2.05, 4.69) is 67.5 Å². The zero-order valence-electron chi connectivity index (χ0n) is 22.1. The molecule has 0 bridgehead atoms. The third kappa shape index (κ3) is 3.18. The molecule has 0 aromatic carbocycles. The molecule has 8 atom stereocenters. The van der Waals surface area contributed by atoms with Crippen LogP contribution in [0.1, 0.15) is 107 Å². The summed E-state index contributed by atoms with van der Waals surface area (Å²) in [4.78, 5) is 14.2. The van der Waals surface area contributed by atoms with Crippen LogP contribution in [0.3, 0.4) is 0 Å². The van der Waals surface area contributed by atoms with Gasteiger partial charge in [0.2, 0.25) is 0 Å². The maximum Gasteiger partial charge on any atom is 0.140 e. The molecule has 2 heteroatoms. The molecule has 3 fully saturated rings. The molecular weight excluding hydrogens is 392 g/mol. The van der Waals surface area contributed by atoms with Gasteiger partial charge in [-0.1, -0.05) is 64.8 Å². The number of fused-ring (bicyclic) bond motifs is 5. The Morgan fingerprint density at radius 2 is 1.81 bits per heavy atom. The van der Waals surface area contributed by atoms with Crippen molar-refractivity contribution in [1.29, 1.82) is 0 Å². The van der Waals surface area contributed by atoms with Crippen LogP contribution in [0.5, 0.6) is 0 Å². The van der Waals surface area contributed by atoms with E-state index >= 15 is 0 Å². The van der Waals surface area contributed by atoms with E-state index in [-0.39, 0.29) is 27.8 Å². The Bertz CT molecular complexity index is 830. The van der Waals surface area contributed by atoms with E-state index in [0.717, 1.165) is 32.1 Å². The molecule has 3 saturated carbocycles. The summed E-state index contributed by atoms with van der Waals surface area (Å²) in [7, 11) is 0. The van der Waals surface area contributed by atoms with Crippen LogP contribution >= 0.6 is 0 Å². The van der Waals surface area contributed by atoms with Gasteiger partial charge in [0.1, 0.15) is 5.78 Å². The second-order valence-electron chi connectivity index (χ2n) is 13.5. The van der Waals surface area contributed by atoms with Crippen molar-refractivity contribution < 1.29 is 9.90 Å². The molecular formula is C30H48O2. The molecule has 0 amide bonds. The van der Waals surface area contributed by atoms with E-state index in [1.807, 2.05) is 0 Å². The van der Waals surface area contributed by atoms with Crippen molar-refractivity contribution in [3.63, 3.8) is 0 Å². The van der Waals surface area contributed by atoms with Crippen molar-refractivity contribution in [2.24, 2.45) is 45.3 Å². The minimum Gasteiger partial charge on any atom is -0.392 e. The third-order valence-corrected chi connectivity index (χ3v) is 11.6. The normalized spacial score (nSPS) is 45.9. The van der Waals surface area contributed by atoms with Crippen molar-refractivity contribution in [2.75, 3.05) is 0 Å². The highest BCUT2D eigenvalue weighted by molar-refractivity contribution is 5.88. The predicted molar refractivity (Wildman–Crippen MR) is 133 cm³/mol. The van der Waals surface area contributed by atoms with Crippen molar-refractivity contribution in [1.82, 2.24) is 0 Å². The summed E-state index contributed by atoms with van der Waals surface area (Å²) in [6.45, 7) is 18.6. The second kappa shape index (κ2) is 7.82. The van der Waals surface area contributed by atoms with Crippen LogP contribution in [0.2, 0.25) is 0 Å². The van der Waals surface area contributed by atoms with E-state index in [0.29, 0.717) is 29.5 Å². The first-order valence-corrected chi connectivity index (χ1v) is 13.4. The van der Waals surface area contributed by atoms with Gasteiger partial charge in [-0.2, -0.15) is 0 Å². The Labute approximate surface area is 197 Å². The summed E-state index contributed by atoms with van der Waals surface area (Å²) >= 11 is 0. The Morgan fingerprint density at radius 3 is 2.47 bits per heavy atom. The van der Waals surface area contributed by atoms with E-state index in [1.165, 1.54) is 30.4 Å². The predicted octanol–water partition coefficient (Wildman–Crippen LogP) is 7.51. The minimum atomic E-state index is -0.290. The van der Waals surface area contributed by atoms with Gasteiger partial charge >= 0.3 is 0 Å². The van der Waals surface area contributed by atoms with Gasteiger partial charge in [-0.3, -0.25) is 4.79 Å². The van der Waals surface area contributed by atoms with Crippen LogP contribution in [0.15, 0.2) is 23.3 Å². The van der Waals surface area contributed by atoms with Gasteiger partial charge in [-0.15, -0.1) is 0 Å². The zero-order valence-corrected chi connectivity index (χ0v) is 22.1. The molecule has 0 saturated heterocycles. The molecule has 0 spiro atoms. The lowest BCUT2D eigenvalue weighted by Gasteiger charge is -2.64. The van der Waals surface area contributed by atoms with Gasteiger partial charge in [-0.25, -0.2) is 0 Å². The minimum absolute atomic E-state index is 0.105. The van der Waals surface area contributed by atoms with Crippen LogP contribution in [0, 0.1) is 45.3 Å². The Morgan fingerprint density at radius 1 is 1.12 bits per heavy atom. The summed E-state index contributed by atoms with van der Waals surface area (Å²) in [6, 6.07) is 0. The highest BCUT2D eigenvalue weighted by atomic mass is 16.3. The van der Waals surface area contributed by atoms with E-state index in [1.54, 1.807) is 0 Å². The fraction of sp³-hybridized carbons (Fsp3) is 0.833. The maximum atomic E-state index is 14.2. The molecule has 180 valence electrons. The highest BCUT2D eigenvalue weighted by Gasteiger charge is 2.70. The van der Waals surface area contributed by atoms with E-state index in [4.69, 9.17) is 0 Å². The van der Waals surface area contributed by atoms with Gasteiger partial charge < -0.3 is 5.11 Å². The van der Waals surface area contributed by atoms with Gasteiger partial charge in [0.05, 0.1) is 6.10 Å². The van der Waals surface area contributed by atoms with Crippen molar-refractivity contribution in [3.05, 3.63) is 23.3 Å². The van der Waals surface area contributed by atoms with Crippen LogP contribution in [0.25, 0.3) is 0 Å². The van der Waals surface area contributed by atoms with Crippen LogP contribution in [-0.4, -0.2) is 17.0 Å². The molecule has 2 nitrogen and oxygen atoms in total. The van der Waals surface area contributed by atoms with Crippen molar-refractivity contribution in [2.45, 2.75) is 113 Å². The quantitative estimate of drug-likeness (QED) is 0.459. The number of carbonyl (C=O) groups excluding carboxylic acids is 1. The van der Waals surface area contributed by atoms with Crippen molar-refractivity contribution >= 4 is 5.78 Å². The van der Waals surface area contributed by atoms with Crippen LogP contribution in [0.4, 0.5) is 0 Å². The molecule has 0 aliphatic heterocycles. The number of Topliss-reactive ketones (excluding diaryl/α,β-unsaturated/α-hetero) is 1. The largest absolute Gasteiger partial charge is 0.392 e. The average molecular weight is 441 g/mol. The number of aliphatic hydroxyl groups excluding tert-OH is 1. The van der Waals surface area contributed by atoms with Crippen LogP contribution < -0.4 is 0 Å². The fourth-order valence-corrected chi connectivity index (χ4v) is 9.21. The number of rotatable bonds is 4. The third-order valence-electron chi connectivity index (χ3n) is 11.6. The monoisotopic (exact) mass is 440 g/mol. The van der Waals surface area contributed by atoms with E-state index in [9.17, 15) is 9.90 Å². The molecule has 0 aromatic heterocycles. The summed E-state index contributed by atoms with van der Waals surface area (Å²) in [6.07, 6.45) is 13.0. The molecule has 4 aliphatic carbocycles. The lowest BCUT2D eigenvalue weighted by Crippen LogP contribution is -2.63. The highest BCUT2D eigenvalue weighted by Crippen LogP contribution is 2.74. The number of aliphatic hydroxyl groups is 1. The molecule has 0 aromatic rings. The van der Waals surface area contributed by atoms with Crippen LogP contribution in [-0.2, 0) is 4.79 Å². The molecule has 4 aliphatic rings. The number of ketones is 1. The first-order valence-electron chi connectivity index (χ1n) is 13.4. The summed E-state index contributed by atoms with van der Waals surface area (Å²) in [5.74, 6) is 2.56. The maximum absolute atomic E-state index is 14.2. The Balaban J connectivity index is 1.68. The molecule has 0 heterocycles. The summed E-state index contributed by atoms with van der Waals surface area (Å²) in [5, 5.41) is 10.7. The number of hydrogen-bond acceptors (Lipinski definition) is 2. The first kappa shape index (κ1) is 24.2. The van der Waals surface area contributed by atoms with Gasteiger partial charge in [-0.05, 0) is 93.3 Å². The first-order chi connectivity index (χ1) is 14.8. The topological polar surface area (TPSA) is 37.3 Å². The van der Waals surface area contributed by atoms with Crippen molar-refractivity contribution in [3.8, 4) is 0 Å². The number of allylic oxidation sites excluding steroid dienone is 3. The summed E-state index contributed by atoms with van der Waals surface area (Å²) < 4.78 is 0. The SMILES string of the molecule is CC(C)=CCCC(C)C1CCC2(C)C3CC=C4C(CCC(O)C4(C)C)C3(C)C(=O)CC12C. The lowest BCUT2D eigenvalue weighted by molar-refractivity contribution is -0.171. The smallest absolute Gasteiger partial charge is 0.140 e. The lowest BCUT2D eigenvalue weighted by atomic mass is 9.38. The zero-order chi connectivity index (χ0) is 23.7. The molecule has 1 N–H and O–H groups in total.